The molecule has 1 aromatic heterocycles. The van der Waals surface area contributed by atoms with Crippen molar-refractivity contribution in [1.29, 1.82) is 0 Å². The second-order valence-electron chi connectivity index (χ2n) is 4.42. The minimum atomic E-state index is 0.709. The van der Waals surface area contributed by atoms with Crippen molar-refractivity contribution in [3.63, 3.8) is 0 Å². The van der Waals surface area contributed by atoms with Crippen LogP contribution < -0.4 is 5.32 Å². The third-order valence-electron chi connectivity index (χ3n) is 2.50. The van der Waals surface area contributed by atoms with Gasteiger partial charge in [0.2, 0.25) is 0 Å². The van der Waals surface area contributed by atoms with E-state index in [1.165, 1.54) is 16.5 Å². The molecule has 1 heterocycles. The largest absolute Gasteiger partial charge is 0.361 e. The van der Waals surface area contributed by atoms with Gasteiger partial charge in [-0.15, -0.1) is 0 Å². The van der Waals surface area contributed by atoms with Crippen molar-refractivity contribution in [1.82, 2.24) is 10.3 Å². The Labute approximate surface area is 90.7 Å². The minimum Gasteiger partial charge on any atom is -0.361 e. The number of aromatic amines is 1. The third kappa shape index (κ3) is 2.60. The number of rotatable bonds is 4. The Hall–Kier alpha value is -1.28. The summed E-state index contributed by atoms with van der Waals surface area (Å²) in [5.41, 5.74) is 2.56. The molecule has 80 valence electrons. The van der Waals surface area contributed by atoms with Gasteiger partial charge < -0.3 is 10.3 Å². The Morgan fingerprint density at radius 1 is 1.27 bits per heavy atom. The SMILES string of the molecule is CC(C)CNCc1ccc2[nH]ccc2c1. The fourth-order valence-corrected chi connectivity index (χ4v) is 1.72. The second kappa shape index (κ2) is 4.49. The van der Waals surface area contributed by atoms with Crippen LogP contribution in [0.4, 0.5) is 0 Å². The van der Waals surface area contributed by atoms with Gasteiger partial charge in [0.25, 0.3) is 0 Å². The lowest BCUT2D eigenvalue weighted by atomic mass is 10.1. The summed E-state index contributed by atoms with van der Waals surface area (Å²) in [5.74, 6) is 0.709. The molecule has 0 fully saturated rings. The van der Waals surface area contributed by atoms with E-state index in [9.17, 15) is 0 Å². The van der Waals surface area contributed by atoms with Gasteiger partial charge in [-0.2, -0.15) is 0 Å². The average molecular weight is 202 g/mol. The van der Waals surface area contributed by atoms with Crippen molar-refractivity contribution in [2.24, 2.45) is 5.92 Å². The molecule has 0 amide bonds. The highest BCUT2D eigenvalue weighted by molar-refractivity contribution is 5.79. The summed E-state index contributed by atoms with van der Waals surface area (Å²) in [7, 11) is 0. The highest BCUT2D eigenvalue weighted by Crippen LogP contribution is 2.13. The van der Waals surface area contributed by atoms with Crippen LogP contribution in [-0.2, 0) is 6.54 Å². The van der Waals surface area contributed by atoms with E-state index in [0.29, 0.717) is 5.92 Å². The average Bonchev–Trinajstić information content (AvgIpc) is 2.64. The van der Waals surface area contributed by atoms with Gasteiger partial charge in [-0.1, -0.05) is 19.9 Å². The standard InChI is InChI=1S/C13H18N2/c1-10(2)8-14-9-11-3-4-13-12(7-11)5-6-15-13/h3-7,10,14-15H,8-9H2,1-2H3. The van der Waals surface area contributed by atoms with Gasteiger partial charge in [0.1, 0.15) is 0 Å². The number of hydrogen-bond donors (Lipinski definition) is 2. The Bertz CT molecular complexity index is 429. The first-order chi connectivity index (χ1) is 7.25. The first-order valence-electron chi connectivity index (χ1n) is 5.52. The Morgan fingerprint density at radius 2 is 2.13 bits per heavy atom. The quantitative estimate of drug-likeness (QED) is 0.784. The number of hydrogen-bond acceptors (Lipinski definition) is 1. The molecular weight excluding hydrogens is 184 g/mol. The van der Waals surface area contributed by atoms with Crippen LogP contribution in [0, 0.1) is 5.92 Å². The zero-order valence-corrected chi connectivity index (χ0v) is 9.38. The monoisotopic (exact) mass is 202 g/mol. The van der Waals surface area contributed by atoms with Crippen LogP contribution >= 0.6 is 0 Å². The molecule has 0 spiro atoms. The molecule has 0 bridgehead atoms. The first kappa shape index (κ1) is 10.2. The maximum absolute atomic E-state index is 3.45. The normalized spacial score (nSPS) is 11.4. The molecule has 0 radical (unpaired) electrons. The van der Waals surface area contributed by atoms with Gasteiger partial charge in [-0.05, 0) is 41.6 Å². The van der Waals surface area contributed by atoms with Gasteiger partial charge in [0, 0.05) is 18.3 Å². The molecule has 2 N–H and O–H groups in total. The summed E-state index contributed by atoms with van der Waals surface area (Å²) in [5, 5.41) is 4.74. The molecule has 2 heteroatoms. The van der Waals surface area contributed by atoms with E-state index in [-0.39, 0.29) is 0 Å². The van der Waals surface area contributed by atoms with Crippen molar-refractivity contribution < 1.29 is 0 Å². The molecule has 2 aromatic rings. The van der Waals surface area contributed by atoms with Gasteiger partial charge in [0.15, 0.2) is 0 Å². The minimum absolute atomic E-state index is 0.709. The summed E-state index contributed by atoms with van der Waals surface area (Å²) in [6, 6.07) is 8.66. The molecule has 2 rings (SSSR count). The van der Waals surface area contributed by atoms with E-state index in [2.05, 4.69) is 48.4 Å². The predicted octanol–water partition coefficient (Wildman–Crippen LogP) is 2.91. The molecule has 0 aliphatic rings. The lowest BCUT2D eigenvalue weighted by Crippen LogP contribution is -2.18. The fraction of sp³-hybridized carbons (Fsp3) is 0.385. The molecule has 0 atom stereocenters. The summed E-state index contributed by atoms with van der Waals surface area (Å²) in [6.45, 7) is 6.48. The fourth-order valence-electron chi connectivity index (χ4n) is 1.72. The van der Waals surface area contributed by atoms with E-state index in [1.54, 1.807) is 0 Å². The van der Waals surface area contributed by atoms with E-state index >= 15 is 0 Å². The topological polar surface area (TPSA) is 27.8 Å². The molecule has 0 aliphatic heterocycles. The van der Waals surface area contributed by atoms with Gasteiger partial charge in [0.05, 0.1) is 0 Å². The maximum atomic E-state index is 3.45. The van der Waals surface area contributed by atoms with Crippen molar-refractivity contribution in [2.45, 2.75) is 20.4 Å². The van der Waals surface area contributed by atoms with Crippen LogP contribution in [0.1, 0.15) is 19.4 Å². The number of fused-ring (bicyclic) bond motifs is 1. The Balaban J connectivity index is 2.02. The van der Waals surface area contributed by atoms with Crippen molar-refractivity contribution in [2.75, 3.05) is 6.54 Å². The molecule has 0 saturated carbocycles. The molecule has 1 aromatic carbocycles. The number of benzene rings is 1. The number of nitrogens with one attached hydrogen (secondary N) is 2. The van der Waals surface area contributed by atoms with Crippen LogP contribution in [0.15, 0.2) is 30.5 Å². The van der Waals surface area contributed by atoms with Gasteiger partial charge in [-0.3, -0.25) is 0 Å². The van der Waals surface area contributed by atoms with Crippen LogP contribution in [0.25, 0.3) is 10.9 Å². The Morgan fingerprint density at radius 3 is 2.93 bits per heavy atom. The predicted molar refractivity (Wildman–Crippen MR) is 64.8 cm³/mol. The first-order valence-corrected chi connectivity index (χ1v) is 5.52. The molecule has 2 nitrogen and oxygen atoms in total. The molecule has 0 aliphatic carbocycles. The second-order valence-corrected chi connectivity index (χ2v) is 4.42. The highest BCUT2D eigenvalue weighted by atomic mass is 14.8. The zero-order chi connectivity index (χ0) is 10.7. The highest BCUT2D eigenvalue weighted by Gasteiger charge is 1.97. The zero-order valence-electron chi connectivity index (χ0n) is 9.38. The van der Waals surface area contributed by atoms with E-state index < -0.39 is 0 Å². The molecular formula is C13H18N2. The Kier molecular flexibility index (Phi) is 3.07. The maximum Gasteiger partial charge on any atom is 0.0454 e. The number of aromatic nitrogens is 1. The van der Waals surface area contributed by atoms with Crippen molar-refractivity contribution in [3.8, 4) is 0 Å². The van der Waals surface area contributed by atoms with E-state index in [1.807, 2.05) is 6.20 Å². The molecule has 15 heavy (non-hydrogen) atoms. The summed E-state index contributed by atoms with van der Waals surface area (Å²) in [4.78, 5) is 3.20. The van der Waals surface area contributed by atoms with Crippen LogP contribution in [0.3, 0.4) is 0 Å². The van der Waals surface area contributed by atoms with Crippen molar-refractivity contribution >= 4 is 10.9 Å². The van der Waals surface area contributed by atoms with Crippen molar-refractivity contribution in [3.05, 3.63) is 36.0 Å². The smallest absolute Gasteiger partial charge is 0.0454 e. The van der Waals surface area contributed by atoms with Crippen LogP contribution in [-0.4, -0.2) is 11.5 Å². The number of H-pyrrole nitrogens is 1. The third-order valence-corrected chi connectivity index (χ3v) is 2.50. The van der Waals surface area contributed by atoms with Crippen LogP contribution in [0.5, 0.6) is 0 Å². The summed E-state index contributed by atoms with van der Waals surface area (Å²) in [6.07, 6.45) is 1.98. The van der Waals surface area contributed by atoms with E-state index in [4.69, 9.17) is 0 Å². The van der Waals surface area contributed by atoms with E-state index in [0.717, 1.165) is 13.1 Å². The van der Waals surface area contributed by atoms with Gasteiger partial charge >= 0.3 is 0 Å². The summed E-state index contributed by atoms with van der Waals surface area (Å²) < 4.78 is 0. The lowest BCUT2D eigenvalue weighted by Gasteiger charge is -2.07. The molecule has 0 saturated heterocycles. The van der Waals surface area contributed by atoms with Gasteiger partial charge in [-0.25, -0.2) is 0 Å². The van der Waals surface area contributed by atoms with Crippen LogP contribution in [0.2, 0.25) is 0 Å². The lowest BCUT2D eigenvalue weighted by molar-refractivity contribution is 0.552. The molecule has 0 unspecified atom stereocenters. The summed E-state index contributed by atoms with van der Waals surface area (Å²) >= 11 is 0.